The summed E-state index contributed by atoms with van der Waals surface area (Å²) in [5, 5.41) is 14.5. The normalized spacial score (nSPS) is 16.8. The summed E-state index contributed by atoms with van der Waals surface area (Å²) in [6.07, 6.45) is 5.15. The highest BCUT2D eigenvalue weighted by atomic mass is 16.5. The Balaban J connectivity index is 1.56. The number of benzene rings is 2. The second-order valence-corrected chi connectivity index (χ2v) is 13.0. The molecule has 2 aromatic rings. The van der Waals surface area contributed by atoms with Crippen LogP contribution in [0.15, 0.2) is 42.5 Å². The lowest BCUT2D eigenvalue weighted by Crippen LogP contribution is -2.51. The Morgan fingerprint density at radius 3 is 2.34 bits per heavy atom. The van der Waals surface area contributed by atoms with E-state index in [0.717, 1.165) is 49.2 Å². The molecule has 8 heteroatoms. The van der Waals surface area contributed by atoms with Crippen LogP contribution in [-0.2, 0) is 22.5 Å². The van der Waals surface area contributed by atoms with Gasteiger partial charge in [0, 0.05) is 56.9 Å². The number of hydrogen-bond donors (Lipinski definition) is 3. The minimum absolute atomic E-state index is 0.0400. The van der Waals surface area contributed by atoms with Gasteiger partial charge in [-0.15, -0.1) is 0 Å². The fourth-order valence-corrected chi connectivity index (χ4v) is 6.11. The van der Waals surface area contributed by atoms with E-state index in [-0.39, 0.29) is 23.7 Å². The zero-order chi connectivity index (χ0) is 32.1. The molecule has 8 nitrogen and oxygen atoms in total. The molecule has 1 amide bonds. The fraction of sp³-hybridized carbons (Fsp3) is 0.639. The number of nitrogens with two attached hydrogens (primary N) is 1. The molecule has 1 heterocycles. The number of ether oxygens (including phenoxy) is 3. The van der Waals surface area contributed by atoms with Crippen LogP contribution in [0.4, 0.5) is 5.69 Å². The first kappa shape index (κ1) is 35.7. The molecule has 0 aromatic heterocycles. The van der Waals surface area contributed by atoms with Gasteiger partial charge >= 0.3 is 0 Å². The van der Waals surface area contributed by atoms with Gasteiger partial charge in [-0.05, 0) is 86.3 Å². The molecule has 1 fully saturated rings. The summed E-state index contributed by atoms with van der Waals surface area (Å²) < 4.78 is 16.6. The minimum atomic E-state index is -0.842. The summed E-state index contributed by atoms with van der Waals surface area (Å²) in [5.74, 6) is 1.37. The number of aliphatic hydroxyl groups is 1. The molecule has 1 aliphatic rings. The van der Waals surface area contributed by atoms with Crippen molar-refractivity contribution in [3.63, 3.8) is 0 Å². The number of carbonyl (C=O) groups excluding carboxylic acids is 1. The van der Waals surface area contributed by atoms with E-state index in [9.17, 15) is 9.90 Å². The van der Waals surface area contributed by atoms with Crippen LogP contribution in [0.5, 0.6) is 11.5 Å². The molecule has 2 aromatic carbocycles. The SMILES string of the molecule is CC[C@@H](Cc1ccc(OC)c(OCCCOC)c1)C[C@](C)(N)[C@@H](O)C[C@H](C(=O)NCc1ccc(N2CCCC2)cc1)C(C)C. The van der Waals surface area contributed by atoms with Crippen LogP contribution in [0.25, 0.3) is 0 Å². The molecule has 0 unspecified atom stereocenters. The predicted molar refractivity (Wildman–Crippen MR) is 178 cm³/mol. The van der Waals surface area contributed by atoms with Crippen molar-refractivity contribution in [3.8, 4) is 11.5 Å². The van der Waals surface area contributed by atoms with E-state index in [1.165, 1.54) is 18.5 Å². The topological polar surface area (TPSA) is 106 Å². The van der Waals surface area contributed by atoms with Gasteiger partial charge in [-0.3, -0.25) is 4.79 Å². The molecule has 1 saturated heterocycles. The number of carbonyl (C=O) groups is 1. The van der Waals surface area contributed by atoms with Crippen molar-refractivity contribution in [3.05, 3.63) is 53.6 Å². The zero-order valence-electron chi connectivity index (χ0n) is 27.9. The second kappa shape index (κ2) is 17.6. The minimum Gasteiger partial charge on any atom is -0.493 e. The van der Waals surface area contributed by atoms with E-state index in [0.29, 0.717) is 38.3 Å². The molecular weight excluding hydrogens is 554 g/mol. The van der Waals surface area contributed by atoms with Gasteiger partial charge in [0.15, 0.2) is 11.5 Å². The fourth-order valence-electron chi connectivity index (χ4n) is 6.11. The third-order valence-electron chi connectivity index (χ3n) is 9.06. The first-order valence-electron chi connectivity index (χ1n) is 16.4. The Kier molecular flexibility index (Phi) is 14.3. The summed E-state index contributed by atoms with van der Waals surface area (Å²) in [4.78, 5) is 15.7. The van der Waals surface area contributed by atoms with Crippen LogP contribution < -0.4 is 25.4 Å². The second-order valence-electron chi connectivity index (χ2n) is 13.0. The van der Waals surface area contributed by atoms with Crippen LogP contribution in [0.2, 0.25) is 0 Å². The zero-order valence-corrected chi connectivity index (χ0v) is 27.9. The Labute approximate surface area is 265 Å². The number of hydrogen-bond acceptors (Lipinski definition) is 7. The summed E-state index contributed by atoms with van der Waals surface area (Å²) >= 11 is 0. The lowest BCUT2D eigenvalue weighted by Gasteiger charge is -2.36. The van der Waals surface area contributed by atoms with Crippen molar-refractivity contribution in [1.82, 2.24) is 5.32 Å². The van der Waals surface area contributed by atoms with Gasteiger partial charge in [0.2, 0.25) is 5.91 Å². The highest BCUT2D eigenvalue weighted by Gasteiger charge is 2.35. The number of anilines is 1. The van der Waals surface area contributed by atoms with Gasteiger partial charge in [-0.1, -0.05) is 45.4 Å². The van der Waals surface area contributed by atoms with Crippen molar-refractivity contribution >= 4 is 11.6 Å². The lowest BCUT2D eigenvalue weighted by molar-refractivity contribution is -0.128. The van der Waals surface area contributed by atoms with Crippen LogP contribution in [0.3, 0.4) is 0 Å². The van der Waals surface area contributed by atoms with E-state index >= 15 is 0 Å². The highest BCUT2D eigenvalue weighted by Crippen LogP contribution is 2.32. The maximum atomic E-state index is 13.3. The first-order valence-corrected chi connectivity index (χ1v) is 16.4. The monoisotopic (exact) mass is 611 g/mol. The molecule has 246 valence electrons. The molecule has 0 aliphatic carbocycles. The van der Waals surface area contributed by atoms with Crippen molar-refractivity contribution in [2.24, 2.45) is 23.5 Å². The van der Waals surface area contributed by atoms with Gasteiger partial charge in [0.05, 0.1) is 19.8 Å². The molecular formula is C36H57N3O5. The number of aliphatic hydroxyl groups excluding tert-OH is 1. The lowest BCUT2D eigenvalue weighted by atomic mass is 9.77. The Bertz CT molecular complexity index is 1130. The Morgan fingerprint density at radius 1 is 1.05 bits per heavy atom. The van der Waals surface area contributed by atoms with Gasteiger partial charge < -0.3 is 35.3 Å². The number of nitrogens with zero attached hydrogens (tertiary/aromatic N) is 1. The molecule has 0 saturated carbocycles. The van der Waals surface area contributed by atoms with Gasteiger partial charge in [0.1, 0.15) is 0 Å². The van der Waals surface area contributed by atoms with E-state index in [4.69, 9.17) is 19.9 Å². The molecule has 44 heavy (non-hydrogen) atoms. The van der Waals surface area contributed by atoms with Crippen LogP contribution in [0.1, 0.15) is 77.3 Å². The average Bonchev–Trinajstić information content (AvgIpc) is 3.55. The summed E-state index contributed by atoms with van der Waals surface area (Å²) in [7, 11) is 3.33. The van der Waals surface area contributed by atoms with Gasteiger partial charge in [0.25, 0.3) is 0 Å². The van der Waals surface area contributed by atoms with Gasteiger partial charge in [-0.25, -0.2) is 0 Å². The van der Waals surface area contributed by atoms with Crippen molar-refractivity contribution in [1.29, 1.82) is 0 Å². The Morgan fingerprint density at radius 2 is 1.73 bits per heavy atom. The van der Waals surface area contributed by atoms with E-state index in [1.54, 1.807) is 14.2 Å². The predicted octanol–water partition coefficient (Wildman–Crippen LogP) is 5.73. The van der Waals surface area contributed by atoms with Crippen LogP contribution >= 0.6 is 0 Å². The molecule has 3 rings (SSSR count). The number of amides is 1. The van der Waals surface area contributed by atoms with Crippen LogP contribution in [0, 0.1) is 17.8 Å². The number of rotatable bonds is 19. The third kappa shape index (κ3) is 10.7. The Hall–Kier alpha value is -2.81. The third-order valence-corrected chi connectivity index (χ3v) is 9.06. The largest absolute Gasteiger partial charge is 0.493 e. The summed E-state index contributed by atoms with van der Waals surface area (Å²) in [6, 6.07) is 14.5. The molecule has 0 spiro atoms. The quantitative estimate of drug-likeness (QED) is 0.174. The summed E-state index contributed by atoms with van der Waals surface area (Å²) in [5.41, 5.74) is 9.41. The molecule has 4 atom stereocenters. The van der Waals surface area contributed by atoms with Crippen LogP contribution in [-0.4, -0.2) is 63.2 Å². The summed E-state index contributed by atoms with van der Waals surface area (Å²) in [6.45, 7) is 12.0. The molecule has 1 aliphatic heterocycles. The smallest absolute Gasteiger partial charge is 0.223 e. The molecule has 4 N–H and O–H groups in total. The number of methoxy groups -OCH3 is 2. The van der Waals surface area contributed by atoms with E-state index < -0.39 is 11.6 Å². The highest BCUT2D eigenvalue weighted by molar-refractivity contribution is 5.79. The van der Waals surface area contributed by atoms with Gasteiger partial charge in [-0.2, -0.15) is 0 Å². The first-order chi connectivity index (χ1) is 21.1. The number of nitrogens with one attached hydrogen (secondary N) is 1. The van der Waals surface area contributed by atoms with E-state index in [2.05, 4.69) is 47.5 Å². The van der Waals surface area contributed by atoms with E-state index in [1.807, 2.05) is 32.9 Å². The van der Waals surface area contributed by atoms with Crippen molar-refractivity contribution < 1.29 is 24.1 Å². The maximum absolute atomic E-state index is 13.3. The molecule has 0 bridgehead atoms. The van der Waals surface area contributed by atoms with Crippen molar-refractivity contribution in [2.75, 3.05) is 45.4 Å². The maximum Gasteiger partial charge on any atom is 0.223 e. The average molecular weight is 612 g/mol. The standard InChI is InChI=1S/C36H57N3O5/c1-7-27(21-29-13-16-32(43-6)33(22-29)44-20-10-19-42-5)24-36(4,37)34(40)23-31(26(2)3)35(41)38-25-28-11-14-30(15-12-28)39-17-8-9-18-39/h11-16,22,26-27,31,34,40H,7-10,17-21,23-25,37H2,1-6H3,(H,38,41)/t27-,31-,34-,36-/m0/s1. The van der Waals surface area contributed by atoms with Crippen molar-refractivity contribution in [2.45, 2.75) is 90.8 Å². The molecule has 0 radical (unpaired) electrons.